The Balaban J connectivity index is 2.22. The van der Waals surface area contributed by atoms with Gasteiger partial charge < -0.3 is 10.4 Å². The van der Waals surface area contributed by atoms with Crippen LogP contribution in [-0.4, -0.2) is 33.0 Å². The number of aromatic nitrogens is 2. The molecule has 0 aliphatic heterocycles. The molecule has 1 unspecified atom stereocenters. The molecular weight excluding hydrogens is 306 g/mol. The summed E-state index contributed by atoms with van der Waals surface area (Å²) in [6, 6.07) is 3.57. The number of aliphatic hydroxyl groups is 1. The summed E-state index contributed by atoms with van der Waals surface area (Å²) < 4.78 is 1.36. The van der Waals surface area contributed by atoms with Crippen molar-refractivity contribution in [2.75, 3.05) is 6.54 Å². The van der Waals surface area contributed by atoms with Crippen molar-refractivity contribution < 1.29 is 9.90 Å². The molecule has 2 N–H and O–H groups in total. The van der Waals surface area contributed by atoms with Crippen molar-refractivity contribution >= 4 is 11.6 Å². The van der Waals surface area contributed by atoms with Crippen LogP contribution < -0.4 is 10.9 Å². The number of nitrogens with one attached hydrogen (secondary N) is 1. The van der Waals surface area contributed by atoms with Crippen molar-refractivity contribution in [2.24, 2.45) is 11.3 Å². The average Bonchev–Trinajstić information content (AvgIpc) is 2.52. The molecule has 0 aromatic carbocycles. The van der Waals surface area contributed by atoms with Crippen molar-refractivity contribution in [2.45, 2.75) is 40.7 Å². The van der Waals surface area contributed by atoms with Crippen molar-refractivity contribution in [3.63, 3.8) is 0 Å². The Morgan fingerprint density at radius 1 is 1.42 bits per heavy atom. The third-order valence-electron chi connectivity index (χ3n) is 4.25. The van der Waals surface area contributed by atoms with Crippen LogP contribution in [0.15, 0.2) is 29.3 Å². The van der Waals surface area contributed by atoms with Crippen LogP contribution in [0.3, 0.4) is 0 Å². The van der Waals surface area contributed by atoms with E-state index in [0.717, 1.165) is 5.56 Å². The Kier molecular flexibility index (Phi) is 5.08. The van der Waals surface area contributed by atoms with Gasteiger partial charge in [0.05, 0.1) is 6.10 Å². The lowest BCUT2D eigenvalue weighted by Gasteiger charge is -2.33. The summed E-state index contributed by atoms with van der Waals surface area (Å²) in [5, 5.41) is 13.0. The van der Waals surface area contributed by atoms with Crippen LogP contribution in [0.1, 0.15) is 43.6 Å². The monoisotopic (exact) mass is 331 g/mol. The number of hydrogen-bond donors (Lipinski definition) is 2. The highest BCUT2D eigenvalue weighted by atomic mass is 16.3. The fraction of sp³-hybridized carbons (Fsp3) is 0.500. The molecule has 0 bridgehead atoms. The highest BCUT2D eigenvalue weighted by Crippen LogP contribution is 2.25. The second-order valence-electron chi connectivity index (χ2n) is 7.27. The standard InChI is InChI=1S/C18H25N3O3/c1-11(2)15(22)18(4,5)10-20-16(23)13-9-19-14-8-12(3)6-7-21(14)17(13)24/h6-9,11,15,22H,10H2,1-5H3,(H,20,23). The van der Waals surface area contributed by atoms with Gasteiger partial charge in [0, 0.05) is 24.4 Å². The fourth-order valence-electron chi connectivity index (χ4n) is 2.74. The number of amides is 1. The lowest BCUT2D eigenvalue weighted by atomic mass is 9.80. The minimum absolute atomic E-state index is 0.00816. The molecule has 0 aliphatic rings. The maximum absolute atomic E-state index is 12.5. The van der Waals surface area contributed by atoms with Crippen molar-refractivity contribution in [3.8, 4) is 0 Å². The number of nitrogens with zero attached hydrogens (tertiary/aromatic N) is 2. The van der Waals surface area contributed by atoms with Crippen molar-refractivity contribution in [1.29, 1.82) is 0 Å². The van der Waals surface area contributed by atoms with Gasteiger partial charge in [-0.3, -0.25) is 14.0 Å². The molecule has 2 aromatic heterocycles. The lowest BCUT2D eigenvalue weighted by Crippen LogP contribution is -2.44. The number of pyridine rings is 1. The number of fused-ring (bicyclic) bond motifs is 1. The first-order valence-electron chi connectivity index (χ1n) is 8.08. The average molecular weight is 331 g/mol. The predicted octanol–water partition coefficient (Wildman–Crippen LogP) is 1.78. The molecule has 6 nitrogen and oxygen atoms in total. The van der Waals surface area contributed by atoms with Gasteiger partial charge in [-0.05, 0) is 30.5 Å². The van der Waals surface area contributed by atoms with E-state index in [2.05, 4.69) is 10.3 Å². The molecule has 0 saturated heterocycles. The topological polar surface area (TPSA) is 83.7 Å². The summed E-state index contributed by atoms with van der Waals surface area (Å²) in [7, 11) is 0. The zero-order valence-electron chi connectivity index (χ0n) is 14.8. The number of rotatable bonds is 5. The van der Waals surface area contributed by atoms with E-state index in [-0.39, 0.29) is 18.0 Å². The molecule has 2 rings (SSSR count). The van der Waals surface area contributed by atoms with Gasteiger partial charge >= 0.3 is 0 Å². The van der Waals surface area contributed by atoms with Crippen LogP contribution in [0.4, 0.5) is 0 Å². The molecular formula is C18H25N3O3. The Morgan fingerprint density at radius 2 is 2.08 bits per heavy atom. The van der Waals surface area contributed by atoms with E-state index in [9.17, 15) is 14.7 Å². The van der Waals surface area contributed by atoms with Gasteiger partial charge in [0.1, 0.15) is 11.2 Å². The first-order valence-corrected chi connectivity index (χ1v) is 8.08. The summed E-state index contributed by atoms with van der Waals surface area (Å²) >= 11 is 0. The molecule has 24 heavy (non-hydrogen) atoms. The highest BCUT2D eigenvalue weighted by molar-refractivity contribution is 5.93. The minimum Gasteiger partial charge on any atom is -0.392 e. The summed E-state index contributed by atoms with van der Waals surface area (Å²) in [4.78, 5) is 29.0. The summed E-state index contributed by atoms with van der Waals surface area (Å²) in [5.41, 5.74) is 0.586. The third kappa shape index (κ3) is 3.64. The molecule has 0 spiro atoms. The Labute approximate surface area is 141 Å². The van der Waals surface area contributed by atoms with Gasteiger partial charge in [-0.1, -0.05) is 27.7 Å². The van der Waals surface area contributed by atoms with Gasteiger partial charge in [-0.2, -0.15) is 0 Å². The summed E-state index contributed by atoms with van der Waals surface area (Å²) in [6.07, 6.45) is 2.36. The van der Waals surface area contributed by atoms with Crippen LogP contribution in [-0.2, 0) is 0 Å². The number of carbonyl (C=O) groups excluding carboxylic acids is 1. The van der Waals surface area contributed by atoms with Gasteiger partial charge in [-0.25, -0.2) is 4.98 Å². The summed E-state index contributed by atoms with van der Waals surface area (Å²) in [6.45, 7) is 9.79. The number of carbonyl (C=O) groups is 1. The Hall–Kier alpha value is -2.21. The molecule has 0 fully saturated rings. The number of hydrogen-bond acceptors (Lipinski definition) is 4. The molecule has 0 saturated carbocycles. The first-order chi connectivity index (χ1) is 11.1. The predicted molar refractivity (Wildman–Crippen MR) is 93.2 cm³/mol. The maximum Gasteiger partial charge on any atom is 0.270 e. The largest absolute Gasteiger partial charge is 0.392 e. The Bertz CT molecular complexity index is 809. The molecule has 2 aromatic rings. The molecule has 130 valence electrons. The third-order valence-corrected chi connectivity index (χ3v) is 4.25. The molecule has 1 atom stereocenters. The van der Waals surface area contributed by atoms with Crippen LogP contribution in [0.25, 0.3) is 5.65 Å². The van der Waals surface area contributed by atoms with Crippen LogP contribution >= 0.6 is 0 Å². The van der Waals surface area contributed by atoms with Crippen molar-refractivity contribution in [3.05, 3.63) is 46.0 Å². The van der Waals surface area contributed by atoms with E-state index in [1.807, 2.05) is 34.6 Å². The molecule has 1 amide bonds. The smallest absolute Gasteiger partial charge is 0.270 e. The SMILES string of the molecule is Cc1ccn2c(=O)c(C(=O)NCC(C)(C)C(O)C(C)C)cnc2c1. The quantitative estimate of drug-likeness (QED) is 0.875. The van der Waals surface area contributed by atoms with Gasteiger partial charge in [-0.15, -0.1) is 0 Å². The maximum atomic E-state index is 12.5. The van der Waals surface area contributed by atoms with Gasteiger partial charge in [0.25, 0.3) is 11.5 Å². The van der Waals surface area contributed by atoms with Crippen LogP contribution in [0.2, 0.25) is 0 Å². The Morgan fingerprint density at radius 3 is 2.71 bits per heavy atom. The summed E-state index contributed by atoms with van der Waals surface area (Å²) in [5.74, 6) is -0.403. The van der Waals surface area contributed by atoms with E-state index < -0.39 is 23.0 Å². The lowest BCUT2D eigenvalue weighted by molar-refractivity contribution is 0.0138. The highest BCUT2D eigenvalue weighted by Gasteiger charge is 2.31. The molecule has 2 heterocycles. The van der Waals surface area contributed by atoms with Gasteiger partial charge in [0.15, 0.2) is 0 Å². The zero-order chi connectivity index (χ0) is 18.1. The van der Waals surface area contributed by atoms with Gasteiger partial charge in [0.2, 0.25) is 0 Å². The van der Waals surface area contributed by atoms with E-state index in [1.54, 1.807) is 18.3 Å². The number of aliphatic hydroxyl groups excluding tert-OH is 1. The van der Waals surface area contributed by atoms with E-state index >= 15 is 0 Å². The normalized spacial score (nSPS) is 13.3. The molecule has 0 aliphatic carbocycles. The van der Waals surface area contributed by atoms with Crippen LogP contribution in [0.5, 0.6) is 0 Å². The number of aryl methyl sites for hydroxylation is 1. The second-order valence-corrected chi connectivity index (χ2v) is 7.27. The first kappa shape index (κ1) is 18.1. The van der Waals surface area contributed by atoms with Crippen molar-refractivity contribution in [1.82, 2.24) is 14.7 Å². The molecule has 0 radical (unpaired) electrons. The van der Waals surface area contributed by atoms with E-state index in [1.165, 1.54) is 10.6 Å². The van der Waals surface area contributed by atoms with Crippen LogP contribution in [0, 0.1) is 18.3 Å². The second kappa shape index (κ2) is 6.73. The minimum atomic E-state index is -0.559. The zero-order valence-corrected chi connectivity index (χ0v) is 14.8. The van der Waals surface area contributed by atoms with E-state index in [4.69, 9.17) is 0 Å². The molecule has 6 heteroatoms. The fourth-order valence-corrected chi connectivity index (χ4v) is 2.74. The van der Waals surface area contributed by atoms with E-state index in [0.29, 0.717) is 5.65 Å².